The van der Waals surface area contributed by atoms with E-state index in [1.54, 1.807) is 10.9 Å². The maximum absolute atomic E-state index is 5.95. The lowest BCUT2D eigenvalue weighted by atomic mass is 10.0. The fourth-order valence-electron chi connectivity index (χ4n) is 2.44. The molecule has 1 aromatic carbocycles. The van der Waals surface area contributed by atoms with Crippen LogP contribution in [0.25, 0.3) is 5.70 Å². The largest absolute Gasteiger partial charge is 0.323 e. The van der Waals surface area contributed by atoms with Gasteiger partial charge in [-0.25, -0.2) is 0 Å². The number of pyridine rings is 1. The number of anilines is 1. The summed E-state index contributed by atoms with van der Waals surface area (Å²) in [5, 5.41) is 15.8. The molecule has 0 aliphatic carbocycles. The van der Waals surface area contributed by atoms with Gasteiger partial charge in [-0.15, -0.1) is 0 Å². The molecule has 22 heavy (non-hydrogen) atoms. The molecular weight excluding hydrogens is 300 g/mol. The van der Waals surface area contributed by atoms with Gasteiger partial charge in [-0.1, -0.05) is 34.9 Å². The summed E-state index contributed by atoms with van der Waals surface area (Å²) in [6, 6.07) is 11.4. The third-order valence-electron chi connectivity index (χ3n) is 3.51. The topological polar surface area (TPSA) is 68.5 Å². The molecule has 0 spiro atoms. The normalized spacial score (nSPS) is 16.6. The fourth-order valence-corrected chi connectivity index (χ4v) is 2.57. The van der Waals surface area contributed by atoms with Crippen molar-refractivity contribution in [3.8, 4) is 0 Å². The summed E-state index contributed by atoms with van der Waals surface area (Å²) >= 11 is 5.95. The molecule has 0 fully saturated rings. The number of halogens is 1. The van der Waals surface area contributed by atoms with Crippen LogP contribution in [0.15, 0.2) is 54.9 Å². The summed E-state index contributed by atoms with van der Waals surface area (Å²) in [5.41, 5.74) is 2.98. The summed E-state index contributed by atoms with van der Waals surface area (Å²) < 4.78 is 1.73. The second-order valence-corrected chi connectivity index (χ2v) is 5.33. The second-order valence-electron chi connectivity index (χ2n) is 4.89. The molecule has 6 nitrogen and oxygen atoms in total. The third-order valence-corrected chi connectivity index (χ3v) is 3.76. The number of hydrogen-bond acceptors (Lipinski definition) is 5. The van der Waals surface area contributed by atoms with Crippen molar-refractivity contribution >= 4 is 23.2 Å². The Morgan fingerprint density at radius 2 is 2.00 bits per heavy atom. The average molecular weight is 311 g/mol. The molecule has 108 valence electrons. The van der Waals surface area contributed by atoms with Crippen molar-refractivity contribution in [2.24, 2.45) is 0 Å². The number of fused-ring (bicyclic) bond motifs is 1. The molecule has 7 heteroatoms. The molecule has 0 radical (unpaired) electrons. The van der Waals surface area contributed by atoms with Gasteiger partial charge >= 0.3 is 0 Å². The predicted molar refractivity (Wildman–Crippen MR) is 83.2 cm³/mol. The van der Waals surface area contributed by atoms with Crippen molar-refractivity contribution in [1.29, 1.82) is 0 Å². The van der Waals surface area contributed by atoms with E-state index in [0.29, 0.717) is 11.0 Å². The first-order valence-corrected chi connectivity index (χ1v) is 7.11. The number of benzene rings is 1. The highest BCUT2D eigenvalue weighted by molar-refractivity contribution is 6.30. The van der Waals surface area contributed by atoms with Gasteiger partial charge in [-0.3, -0.25) is 4.98 Å². The van der Waals surface area contributed by atoms with E-state index in [4.69, 9.17) is 11.6 Å². The van der Waals surface area contributed by atoms with Crippen LogP contribution in [0.1, 0.15) is 17.2 Å². The van der Waals surface area contributed by atoms with Gasteiger partial charge in [0, 0.05) is 23.1 Å². The summed E-state index contributed by atoms with van der Waals surface area (Å²) in [6.45, 7) is 0. The Bertz CT molecular complexity index is 825. The van der Waals surface area contributed by atoms with Gasteiger partial charge in [0.15, 0.2) is 0 Å². The number of hydrogen-bond donors (Lipinski definition) is 1. The molecule has 0 saturated heterocycles. The first kappa shape index (κ1) is 13.0. The lowest BCUT2D eigenvalue weighted by molar-refractivity contribution is 0.584. The molecule has 0 saturated carbocycles. The van der Waals surface area contributed by atoms with Gasteiger partial charge in [-0.05, 0) is 45.8 Å². The van der Waals surface area contributed by atoms with Crippen LogP contribution in [0.2, 0.25) is 5.02 Å². The van der Waals surface area contributed by atoms with Crippen molar-refractivity contribution < 1.29 is 0 Å². The van der Waals surface area contributed by atoms with E-state index in [0.717, 1.165) is 16.8 Å². The number of tetrazole rings is 1. The van der Waals surface area contributed by atoms with Gasteiger partial charge < -0.3 is 5.32 Å². The summed E-state index contributed by atoms with van der Waals surface area (Å²) in [6.07, 6.45) is 5.63. The number of allylic oxidation sites excluding steroid dienone is 1. The van der Waals surface area contributed by atoms with Crippen LogP contribution in [-0.2, 0) is 0 Å². The number of rotatable bonds is 2. The van der Waals surface area contributed by atoms with Gasteiger partial charge in [0.25, 0.3) is 0 Å². The zero-order chi connectivity index (χ0) is 14.9. The van der Waals surface area contributed by atoms with Crippen molar-refractivity contribution in [2.45, 2.75) is 6.04 Å². The van der Waals surface area contributed by atoms with E-state index in [2.05, 4.69) is 31.9 Å². The smallest absolute Gasteiger partial charge is 0.248 e. The number of nitrogens with one attached hydrogen (secondary N) is 1. The molecule has 1 atom stereocenters. The van der Waals surface area contributed by atoms with Crippen molar-refractivity contribution in [3.05, 3.63) is 71.0 Å². The Hall–Kier alpha value is -2.73. The van der Waals surface area contributed by atoms with Gasteiger partial charge in [0.1, 0.15) is 6.04 Å². The Balaban J connectivity index is 1.81. The Labute approximate surface area is 131 Å². The Morgan fingerprint density at radius 3 is 2.77 bits per heavy atom. The molecule has 2 aromatic heterocycles. The summed E-state index contributed by atoms with van der Waals surface area (Å²) in [7, 11) is 0. The Morgan fingerprint density at radius 1 is 1.14 bits per heavy atom. The third kappa shape index (κ3) is 2.23. The minimum absolute atomic E-state index is 0.106. The highest BCUT2D eigenvalue weighted by Gasteiger charge is 2.24. The molecule has 0 unspecified atom stereocenters. The minimum atomic E-state index is -0.106. The maximum Gasteiger partial charge on any atom is 0.248 e. The molecule has 0 amide bonds. The zero-order valence-corrected chi connectivity index (χ0v) is 12.1. The number of aromatic nitrogens is 5. The fraction of sp³-hybridized carbons (Fsp3) is 0.0667. The first-order valence-electron chi connectivity index (χ1n) is 6.74. The van der Waals surface area contributed by atoms with Crippen LogP contribution in [0, 0.1) is 0 Å². The molecule has 3 heterocycles. The van der Waals surface area contributed by atoms with E-state index >= 15 is 0 Å². The maximum atomic E-state index is 5.95. The first-order chi connectivity index (χ1) is 10.8. The summed E-state index contributed by atoms with van der Waals surface area (Å²) in [4.78, 5) is 4.18. The lowest BCUT2D eigenvalue weighted by Crippen LogP contribution is -2.20. The van der Waals surface area contributed by atoms with Gasteiger partial charge in [0.2, 0.25) is 5.95 Å². The van der Waals surface area contributed by atoms with Crippen LogP contribution < -0.4 is 5.32 Å². The monoisotopic (exact) mass is 310 g/mol. The summed E-state index contributed by atoms with van der Waals surface area (Å²) in [5.74, 6) is 0.598. The zero-order valence-electron chi connectivity index (χ0n) is 11.4. The van der Waals surface area contributed by atoms with Crippen molar-refractivity contribution in [2.75, 3.05) is 5.32 Å². The Kier molecular flexibility index (Phi) is 3.08. The molecule has 4 rings (SSSR count). The van der Waals surface area contributed by atoms with E-state index in [9.17, 15) is 0 Å². The van der Waals surface area contributed by atoms with Crippen LogP contribution in [-0.4, -0.2) is 25.2 Å². The van der Waals surface area contributed by atoms with E-state index in [1.165, 1.54) is 0 Å². The molecule has 3 aromatic rings. The lowest BCUT2D eigenvalue weighted by Gasteiger charge is -2.23. The van der Waals surface area contributed by atoms with Gasteiger partial charge in [-0.2, -0.15) is 4.68 Å². The molecule has 1 N–H and O–H groups in total. The quantitative estimate of drug-likeness (QED) is 0.788. The second kappa shape index (κ2) is 5.23. The molecule has 1 aliphatic heterocycles. The molecule has 0 bridgehead atoms. The van der Waals surface area contributed by atoms with E-state index in [1.807, 2.05) is 42.6 Å². The van der Waals surface area contributed by atoms with Crippen LogP contribution >= 0.6 is 11.6 Å². The van der Waals surface area contributed by atoms with Crippen molar-refractivity contribution in [1.82, 2.24) is 25.2 Å². The average Bonchev–Trinajstić information content (AvgIpc) is 3.04. The SMILES string of the molecule is Clc1ccc(C2=C[C@@H](c3cccnc3)n3nnnc3N2)cc1. The van der Waals surface area contributed by atoms with Crippen LogP contribution in [0.5, 0.6) is 0 Å². The van der Waals surface area contributed by atoms with E-state index in [-0.39, 0.29) is 6.04 Å². The molecule has 1 aliphatic rings. The minimum Gasteiger partial charge on any atom is -0.323 e. The van der Waals surface area contributed by atoms with Crippen LogP contribution in [0.3, 0.4) is 0 Å². The van der Waals surface area contributed by atoms with Gasteiger partial charge in [0.05, 0.1) is 0 Å². The van der Waals surface area contributed by atoms with Crippen molar-refractivity contribution in [3.63, 3.8) is 0 Å². The predicted octanol–water partition coefficient (Wildman–Crippen LogP) is 2.78. The van der Waals surface area contributed by atoms with Crippen LogP contribution in [0.4, 0.5) is 5.95 Å². The highest BCUT2D eigenvalue weighted by atomic mass is 35.5. The highest BCUT2D eigenvalue weighted by Crippen LogP contribution is 2.31. The number of nitrogens with zero attached hydrogens (tertiary/aromatic N) is 5. The molecular formula is C15H11ClN6. The van der Waals surface area contributed by atoms with E-state index < -0.39 is 0 Å². The standard InChI is InChI=1S/C15H11ClN6/c16-12-5-3-10(4-6-12)13-8-14(11-2-1-7-17-9-11)22-15(18-13)19-20-21-22/h1-9,14H,(H,18,19,21)/t14-/m0/s1.